The second kappa shape index (κ2) is 4.45. The van der Waals surface area contributed by atoms with Crippen molar-refractivity contribution < 1.29 is 4.52 Å². The van der Waals surface area contributed by atoms with Crippen LogP contribution in [0.1, 0.15) is 43.8 Å². The highest BCUT2D eigenvalue weighted by Gasteiger charge is 2.09. The second-order valence-electron chi connectivity index (χ2n) is 2.77. The molecule has 0 saturated carbocycles. The molecule has 0 aromatic carbocycles. The number of halogens is 1. The van der Waals surface area contributed by atoms with Crippen LogP contribution in [0, 0.1) is 0 Å². The van der Waals surface area contributed by atoms with Gasteiger partial charge in [0.2, 0.25) is 5.89 Å². The molecular formula is C8H13ClN2O. The topological polar surface area (TPSA) is 38.9 Å². The molecule has 1 rings (SSSR count). The molecular weight excluding hydrogens is 176 g/mol. The first-order chi connectivity index (χ1) is 5.74. The molecule has 0 spiro atoms. The molecule has 0 aliphatic heterocycles. The van der Waals surface area contributed by atoms with Crippen LogP contribution in [-0.4, -0.2) is 10.1 Å². The normalized spacial score (nSPS) is 13.2. The van der Waals surface area contributed by atoms with Crippen molar-refractivity contribution >= 4 is 11.6 Å². The van der Waals surface area contributed by atoms with Crippen LogP contribution in [0.15, 0.2) is 4.52 Å². The van der Waals surface area contributed by atoms with E-state index in [9.17, 15) is 0 Å². The van der Waals surface area contributed by atoms with Gasteiger partial charge in [-0.25, -0.2) is 0 Å². The number of hydrogen-bond acceptors (Lipinski definition) is 3. The fraction of sp³-hybridized carbons (Fsp3) is 0.750. The molecule has 3 nitrogen and oxygen atoms in total. The van der Waals surface area contributed by atoms with E-state index in [0.29, 0.717) is 11.7 Å². The van der Waals surface area contributed by atoms with Crippen LogP contribution in [-0.2, 0) is 6.42 Å². The third-order valence-electron chi connectivity index (χ3n) is 1.58. The van der Waals surface area contributed by atoms with Crippen LogP contribution in [0.4, 0.5) is 0 Å². The summed E-state index contributed by atoms with van der Waals surface area (Å²) in [6.07, 6.45) is 3.07. The highest BCUT2D eigenvalue weighted by atomic mass is 35.5. The monoisotopic (exact) mass is 188 g/mol. The average Bonchev–Trinajstić information content (AvgIpc) is 2.48. The molecule has 0 bridgehead atoms. The van der Waals surface area contributed by atoms with Gasteiger partial charge in [0, 0.05) is 6.42 Å². The standard InChI is InChI=1S/C8H13ClN2O/c1-3-4-5-7-10-8(6(2)9)11-12-7/h6H,3-5H2,1-2H3. The van der Waals surface area contributed by atoms with Crippen LogP contribution in [0.5, 0.6) is 0 Å². The summed E-state index contributed by atoms with van der Waals surface area (Å²) in [7, 11) is 0. The average molecular weight is 189 g/mol. The number of alkyl halides is 1. The molecule has 1 heterocycles. The summed E-state index contributed by atoms with van der Waals surface area (Å²) in [5.41, 5.74) is 0. The lowest BCUT2D eigenvalue weighted by Gasteiger charge is -1.90. The number of aryl methyl sites for hydroxylation is 1. The summed E-state index contributed by atoms with van der Waals surface area (Å²) in [4.78, 5) is 4.14. The first kappa shape index (κ1) is 9.52. The van der Waals surface area contributed by atoms with Crippen molar-refractivity contribution in [3.05, 3.63) is 11.7 Å². The SMILES string of the molecule is CCCCc1nc(C(C)Cl)no1. The predicted octanol–water partition coefficient (Wildman–Crippen LogP) is 2.71. The van der Waals surface area contributed by atoms with Gasteiger partial charge in [-0.2, -0.15) is 4.98 Å². The highest BCUT2D eigenvalue weighted by Crippen LogP contribution is 2.15. The van der Waals surface area contributed by atoms with E-state index < -0.39 is 0 Å². The Kier molecular flexibility index (Phi) is 3.53. The molecule has 0 N–H and O–H groups in total. The maximum Gasteiger partial charge on any atom is 0.226 e. The number of aromatic nitrogens is 2. The Morgan fingerprint density at radius 3 is 2.83 bits per heavy atom. The zero-order chi connectivity index (χ0) is 8.97. The summed E-state index contributed by atoms with van der Waals surface area (Å²) in [5, 5.41) is 3.59. The molecule has 4 heteroatoms. The van der Waals surface area contributed by atoms with E-state index in [0.717, 1.165) is 19.3 Å². The van der Waals surface area contributed by atoms with E-state index in [1.165, 1.54) is 0 Å². The van der Waals surface area contributed by atoms with Crippen LogP contribution >= 0.6 is 11.6 Å². The number of hydrogen-bond donors (Lipinski definition) is 0. The van der Waals surface area contributed by atoms with Gasteiger partial charge in [0.1, 0.15) is 0 Å². The van der Waals surface area contributed by atoms with E-state index in [4.69, 9.17) is 16.1 Å². The van der Waals surface area contributed by atoms with Gasteiger partial charge in [-0.15, -0.1) is 11.6 Å². The van der Waals surface area contributed by atoms with Crippen molar-refractivity contribution in [1.29, 1.82) is 0 Å². The lowest BCUT2D eigenvalue weighted by Crippen LogP contribution is -1.88. The number of nitrogens with zero attached hydrogens (tertiary/aromatic N) is 2. The van der Waals surface area contributed by atoms with Gasteiger partial charge in [-0.05, 0) is 13.3 Å². The van der Waals surface area contributed by atoms with Gasteiger partial charge in [0.05, 0.1) is 5.38 Å². The Morgan fingerprint density at radius 2 is 2.33 bits per heavy atom. The molecule has 12 heavy (non-hydrogen) atoms. The Morgan fingerprint density at radius 1 is 1.58 bits per heavy atom. The molecule has 1 atom stereocenters. The minimum atomic E-state index is -0.163. The van der Waals surface area contributed by atoms with Crippen LogP contribution < -0.4 is 0 Å². The fourth-order valence-electron chi connectivity index (χ4n) is 0.859. The van der Waals surface area contributed by atoms with Crippen LogP contribution in [0.3, 0.4) is 0 Å². The zero-order valence-corrected chi connectivity index (χ0v) is 8.14. The van der Waals surface area contributed by atoms with E-state index in [-0.39, 0.29) is 5.38 Å². The molecule has 0 aliphatic carbocycles. The Labute approximate surface area is 77.1 Å². The Bertz CT molecular complexity index is 235. The quantitative estimate of drug-likeness (QED) is 0.682. The molecule has 1 aromatic heterocycles. The molecule has 0 saturated heterocycles. The van der Waals surface area contributed by atoms with E-state index >= 15 is 0 Å². The molecule has 1 aromatic rings. The van der Waals surface area contributed by atoms with Crippen LogP contribution in [0.2, 0.25) is 0 Å². The first-order valence-corrected chi connectivity index (χ1v) is 4.64. The third kappa shape index (κ3) is 2.48. The van der Waals surface area contributed by atoms with E-state index in [1.54, 1.807) is 0 Å². The Hall–Kier alpha value is -0.570. The molecule has 0 radical (unpaired) electrons. The molecule has 0 aliphatic rings. The van der Waals surface area contributed by atoms with Gasteiger partial charge >= 0.3 is 0 Å². The maximum absolute atomic E-state index is 5.77. The molecule has 0 fully saturated rings. The van der Waals surface area contributed by atoms with E-state index in [1.807, 2.05) is 6.92 Å². The molecule has 68 valence electrons. The van der Waals surface area contributed by atoms with Crippen molar-refractivity contribution in [2.24, 2.45) is 0 Å². The largest absolute Gasteiger partial charge is 0.339 e. The lowest BCUT2D eigenvalue weighted by molar-refractivity contribution is 0.370. The lowest BCUT2D eigenvalue weighted by atomic mass is 10.2. The summed E-state index contributed by atoms with van der Waals surface area (Å²) in [6, 6.07) is 0. The smallest absolute Gasteiger partial charge is 0.226 e. The Balaban J connectivity index is 2.52. The van der Waals surface area contributed by atoms with Gasteiger partial charge in [0.15, 0.2) is 5.82 Å². The molecule has 1 unspecified atom stereocenters. The molecule has 0 amide bonds. The van der Waals surface area contributed by atoms with Gasteiger partial charge in [-0.3, -0.25) is 0 Å². The van der Waals surface area contributed by atoms with Crippen molar-refractivity contribution in [2.75, 3.05) is 0 Å². The summed E-state index contributed by atoms with van der Waals surface area (Å²) < 4.78 is 4.98. The number of unbranched alkanes of at least 4 members (excludes halogenated alkanes) is 1. The van der Waals surface area contributed by atoms with Crippen molar-refractivity contribution in [2.45, 2.75) is 38.5 Å². The summed E-state index contributed by atoms with van der Waals surface area (Å²) >= 11 is 5.77. The summed E-state index contributed by atoms with van der Waals surface area (Å²) in [6.45, 7) is 3.96. The minimum absolute atomic E-state index is 0.163. The zero-order valence-electron chi connectivity index (χ0n) is 7.38. The fourth-order valence-corrected chi connectivity index (χ4v) is 0.948. The minimum Gasteiger partial charge on any atom is -0.339 e. The maximum atomic E-state index is 5.77. The first-order valence-electron chi connectivity index (χ1n) is 4.20. The van der Waals surface area contributed by atoms with E-state index in [2.05, 4.69) is 17.1 Å². The van der Waals surface area contributed by atoms with Crippen molar-refractivity contribution in [3.63, 3.8) is 0 Å². The van der Waals surface area contributed by atoms with Crippen LogP contribution in [0.25, 0.3) is 0 Å². The third-order valence-corrected chi connectivity index (χ3v) is 1.78. The van der Waals surface area contributed by atoms with Gasteiger partial charge < -0.3 is 4.52 Å². The van der Waals surface area contributed by atoms with Crippen molar-refractivity contribution in [3.8, 4) is 0 Å². The predicted molar refractivity (Wildman–Crippen MR) is 47.2 cm³/mol. The number of rotatable bonds is 4. The highest BCUT2D eigenvalue weighted by molar-refractivity contribution is 6.20. The second-order valence-corrected chi connectivity index (χ2v) is 3.42. The summed E-state index contributed by atoms with van der Waals surface area (Å²) in [5.74, 6) is 1.28. The van der Waals surface area contributed by atoms with Gasteiger partial charge in [0.25, 0.3) is 0 Å². The van der Waals surface area contributed by atoms with Crippen molar-refractivity contribution in [1.82, 2.24) is 10.1 Å². The van der Waals surface area contributed by atoms with Gasteiger partial charge in [-0.1, -0.05) is 18.5 Å².